The highest BCUT2D eigenvalue weighted by Gasteiger charge is 2.17. The molecule has 1 aromatic heterocycles. The number of carbonyl (C=O) groups excluding carboxylic acids is 1. The summed E-state index contributed by atoms with van der Waals surface area (Å²) in [7, 11) is 1.54. The minimum absolute atomic E-state index is 0.121. The smallest absolute Gasteiger partial charge is 0.293 e. The molecule has 0 fully saturated rings. The molecule has 0 saturated heterocycles. The first-order chi connectivity index (χ1) is 12.4. The number of aryl methyl sites for hydroxylation is 1. The van der Waals surface area contributed by atoms with Gasteiger partial charge in [-0.3, -0.25) is 9.59 Å². The van der Waals surface area contributed by atoms with Crippen molar-refractivity contribution in [3.05, 3.63) is 80.6 Å². The van der Waals surface area contributed by atoms with Crippen molar-refractivity contribution in [2.24, 2.45) is 7.05 Å². The van der Waals surface area contributed by atoms with Crippen LogP contribution in [0.15, 0.2) is 53.6 Å². The maximum absolute atomic E-state index is 13.8. The number of nitrogens with one attached hydrogen (secondary N) is 1. The van der Waals surface area contributed by atoms with Crippen molar-refractivity contribution >= 4 is 34.9 Å². The van der Waals surface area contributed by atoms with Crippen molar-refractivity contribution in [3.8, 4) is 11.1 Å². The van der Waals surface area contributed by atoms with E-state index >= 15 is 0 Å². The number of rotatable bonds is 3. The highest BCUT2D eigenvalue weighted by atomic mass is 35.5. The van der Waals surface area contributed by atoms with Gasteiger partial charge in [-0.05, 0) is 41.5 Å². The highest BCUT2D eigenvalue weighted by Crippen LogP contribution is 2.31. The van der Waals surface area contributed by atoms with Gasteiger partial charge in [-0.25, -0.2) is 9.37 Å². The Hall–Kier alpha value is -2.70. The number of hydrogen-bond donors (Lipinski definition) is 1. The summed E-state index contributed by atoms with van der Waals surface area (Å²) in [6.45, 7) is 0. The molecule has 5 nitrogen and oxygen atoms in total. The van der Waals surface area contributed by atoms with Crippen LogP contribution in [0.1, 0.15) is 10.4 Å². The minimum atomic E-state index is -0.595. The van der Waals surface area contributed by atoms with Crippen LogP contribution in [0.2, 0.25) is 10.0 Å². The van der Waals surface area contributed by atoms with Crippen LogP contribution >= 0.6 is 23.2 Å². The predicted molar refractivity (Wildman–Crippen MR) is 99.3 cm³/mol. The summed E-state index contributed by atoms with van der Waals surface area (Å²) in [5.74, 6) is -1.23. The van der Waals surface area contributed by atoms with E-state index in [2.05, 4.69) is 10.3 Å². The second-order valence-corrected chi connectivity index (χ2v) is 6.28. The lowest BCUT2D eigenvalue weighted by atomic mass is 9.99. The van der Waals surface area contributed by atoms with Gasteiger partial charge in [0.1, 0.15) is 5.82 Å². The van der Waals surface area contributed by atoms with Gasteiger partial charge in [0.15, 0.2) is 5.82 Å². The molecular formula is C18H12Cl2FN3O2. The van der Waals surface area contributed by atoms with Gasteiger partial charge in [-0.15, -0.1) is 0 Å². The van der Waals surface area contributed by atoms with Gasteiger partial charge in [-0.1, -0.05) is 29.3 Å². The molecule has 0 radical (unpaired) electrons. The SMILES string of the molecule is Cn1ccnc(NC(=O)c2ccc(F)cc2-c2ccc(Cl)c(Cl)c2)c1=O. The zero-order chi connectivity index (χ0) is 18.8. The van der Waals surface area contributed by atoms with E-state index in [-0.39, 0.29) is 16.4 Å². The Balaban J connectivity index is 2.05. The van der Waals surface area contributed by atoms with Crippen molar-refractivity contribution in [1.29, 1.82) is 0 Å². The lowest BCUT2D eigenvalue weighted by Crippen LogP contribution is -2.25. The van der Waals surface area contributed by atoms with Crippen LogP contribution in [0.3, 0.4) is 0 Å². The maximum Gasteiger partial charge on any atom is 0.293 e. The first-order valence-electron chi connectivity index (χ1n) is 7.45. The molecule has 3 rings (SSSR count). The number of hydrogen-bond acceptors (Lipinski definition) is 3. The average molecular weight is 392 g/mol. The molecule has 0 spiro atoms. The normalized spacial score (nSPS) is 10.6. The van der Waals surface area contributed by atoms with Crippen molar-refractivity contribution in [1.82, 2.24) is 9.55 Å². The number of nitrogens with zero attached hydrogens (tertiary/aromatic N) is 2. The van der Waals surface area contributed by atoms with Gasteiger partial charge in [0.2, 0.25) is 0 Å². The number of aromatic nitrogens is 2. The number of carbonyl (C=O) groups is 1. The molecule has 132 valence electrons. The number of amides is 1. The molecule has 1 amide bonds. The third-order valence-corrected chi connectivity index (χ3v) is 4.44. The van der Waals surface area contributed by atoms with E-state index in [1.807, 2.05) is 0 Å². The van der Waals surface area contributed by atoms with E-state index in [9.17, 15) is 14.0 Å². The fourth-order valence-corrected chi connectivity index (χ4v) is 2.67. The standard InChI is InChI=1S/C18H12Cl2FN3O2/c1-24-7-6-22-16(18(24)26)23-17(25)12-4-3-11(21)9-13(12)10-2-5-14(19)15(20)8-10/h2-9H,1H3,(H,22,23,25). The fourth-order valence-electron chi connectivity index (χ4n) is 2.38. The molecule has 0 aliphatic heterocycles. The Morgan fingerprint density at radius 1 is 1.15 bits per heavy atom. The molecule has 1 N–H and O–H groups in total. The van der Waals surface area contributed by atoms with Crippen LogP contribution in [0, 0.1) is 5.82 Å². The van der Waals surface area contributed by atoms with Crippen LogP contribution in [-0.4, -0.2) is 15.5 Å². The van der Waals surface area contributed by atoms with Crippen LogP contribution in [0.4, 0.5) is 10.2 Å². The maximum atomic E-state index is 13.8. The van der Waals surface area contributed by atoms with Gasteiger partial charge < -0.3 is 9.88 Å². The van der Waals surface area contributed by atoms with Crippen LogP contribution in [-0.2, 0) is 7.05 Å². The highest BCUT2D eigenvalue weighted by molar-refractivity contribution is 6.42. The predicted octanol–water partition coefficient (Wildman–Crippen LogP) is 4.15. The van der Waals surface area contributed by atoms with Gasteiger partial charge in [0.05, 0.1) is 10.0 Å². The number of halogens is 3. The van der Waals surface area contributed by atoms with Crippen molar-refractivity contribution < 1.29 is 9.18 Å². The topological polar surface area (TPSA) is 64.0 Å². The molecule has 3 aromatic rings. The molecule has 1 heterocycles. The van der Waals surface area contributed by atoms with Gasteiger partial charge in [0.25, 0.3) is 11.5 Å². The Morgan fingerprint density at radius 3 is 2.65 bits per heavy atom. The molecule has 2 aromatic carbocycles. The van der Waals surface area contributed by atoms with Crippen molar-refractivity contribution in [2.45, 2.75) is 0 Å². The summed E-state index contributed by atoms with van der Waals surface area (Å²) < 4.78 is 15.0. The van der Waals surface area contributed by atoms with Crippen LogP contribution < -0.4 is 10.9 Å². The summed E-state index contributed by atoms with van der Waals surface area (Å²) in [5.41, 5.74) is 0.531. The summed E-state index contributed by atoms with van der Waals surface area (Å²) in [5, 5.41) is 3.08. The Morgan fingerprint density at radius 2 is 1.92 bits per heavy atom. The van der Waals surface area contributed by atoms with Crippen molar-refractivity contribution in [3.63, 3.8) is 0 Å². The first kappa shape index (κ1) is 18.1. The second kappa shape index (κ2) is 7.27. The molecule has 0 aliphatic rings. The van der Waals surface area contributed by atoms with Gasteiger partial charge in [-0.2, -0.15) is 0 Å². The zero-order valence-electron chi connectivity index (χ0n) is 13.5. The second-order valence-electron chi connectivity index (χ2n) is 5.46. The summed E-state index contributed by atoms with van der Waals surface area (Å²) in [6.07, 6.45) is 2.86. The summed E-state index contributed by atoms with van der Waals surface area (Å²) in [6, 6.07) is 8.42. The van der Waals surface area contributed by atoms with E-state index in [0.717, 1.165) is 6.07 Å². The van der Waals surface area contributed by atoms with E-state index in [4.69, 9.17) is 23.2 Å². The molecule has 0 saturated carbocycles. The Labute approximate surface area is 158 Å². The summed E-state index contributed by atoms with van der Waals surface area (Å²) >= 11 is 11.9. The van der Waals surface area contributed by atoms with Gasteiger partial charge >= 0.3 is 0 Å². The molecule has 0 bridgehead atoms. The van der Waals surface area contributed by atoms with Gasteiger partial charge in [0, 0.05) is 25.0 Å². The quantitative estimate of drug-likeness (QED) is 0.729. The molecule has 8 heteroatoms. The van der Waals surface area contributed by atoms with E-state index in [1.165, 1.54) is 35.2 Å². The van der Waals surface area contributed by atoms with Crippen molar-refractivity contribution in [2.75, 3.05) is 5.32 Å². The Bertz CT molecular complexity index is 1070. The van der Waals surface area contributed by atoms with E-state index < -0.39 is 17.3 Å². The third kappa shape index (κ3) is 3.61. The molecular weight excluding hydrogens is 380 g/mol. The number of anilines is 1. The average Bonchev–Trinajstić information content (AvgIpc) is 2.61. The van der Waals surface area contributed by atoms with E-state index in [1.54, 1.807) is 19.2 Å². The number of benzene rings is 2. The third-order valence-electron chi connectivity index (χ3n) is 3.71. The zero-order valence-corrected chi connectivity index (χ0v) is 15.0. The minimum Gasteiger partial charge on any atom is -0.314 e. The molecule has 0 unspecified atom stereocenters. The monoisotopic (exact) mass is 391 g/mol. The summed E-state index contributed by atoms with van der Waals surface area (Å²) in [4.78, 5) is 28.5. The van der Waals surface area contributed by atoms with E-state index in [0.29, 0.717) is 16.1 Å². The molecule has 26 heavy (non-hydrogen) atoms. The Kier molecular flexibility index (Phi) is 5.06. The lowest BCUT2D eigenvalue weighted by Gasteiger charge is -2.11. The lowest BCUT2D eigenvalue weighted by molar-refractivity contribution is 0.102. The molecule has 0 atom stereocenters. The van der Waals surface area contributed by atoms with Crippen LogP contribution in [0.25, 0.3) is 11.1 Å². The fraction of sp³-hybridized carbons (Fsp3) is 0.0556. The first-order valence-corrected chi connectivity index (χ1v) is 8.20. The van der Waals surface area contributed by atoms with Crippen LogP contribution in [0.5, 0.6) is 0 Å². The molecule has 0 aliphatic carbocycles. The largest absolute Gasteiger partial charge is 0.314 e.